The van der Waals surface area contributed by atoms with Crippen LogP contribution in [0, 0.1) is 11.3 Å². The molecule has 2 aliphatic rings. The van der Waals surface area contributed by atoms with Crippen LogP contribution >= 0.6 is 0 Å². The van der Waals surface area contributed by atoms with Gasteiger partial charge in [-0.25, -0.2) is 0 Å². The number of nitrogens with two attached hydrogens (primary N) is 1. The molecule has 3 rings (SSSR count). The van der Waals surface area contributed by atoms with Gasteiger partial charge in [-0.2, -0.15) is 0 Å². The van der Waals surface area contributed by atoms with Crippen LogP contribution < -0.4 is 16.0 Å². The van der Waals surface area contributed by atoms with Gasteiger partial charge in [0, 0.05) is 31.7 Å². The van der Waals surface area contributed by atoms with E-state index in [4.69, 9.17) is 5.73 Å². The highest BCUT2D eigenvalue weighted by atomic mass is 16.1. The summed E-state index contributed by atoms with van der Waals surface area (Å²) in [6.45, 7) is 3.55. The fraction of sp³-hybridized carbons (Fsp3) is 0.650. The first-order chi connectivity index (χ1) is 11.7. The predicted molar refractivity (Wildman–Crippen MR) is 99.0 cm³/mol. The molecule has 1 aromatic carbocycles. The zero-order valence-electron chi connectivity index (χ0n) is 14.7. The fourth-order valence-corrected chi connectivity index (χ4v) is 4.29. The number of carbonyl (C=O) groups excluding carboxylic acids is 1. The average Bonchev–Trinajstić information content (AvgIpc) is 3.11. The second-order valence-corrected chi connectivity index (χ2v) is 7.68. The fourth-order valence-electron chi connectivity index (χ4n) is 4.29. The second kappa shape index (κ2) is 8.02. The maximum absolute atomic E-state index is 12.4. The third-order valence-electron chi connectivity index (χ3n) is 5.88. The molecule has 3 N–H and O–H groups in total. The molecular formula is C20H31N3O. The van der Waals surface area contributed by atoms with Gasteiger partial charge in [-0.05, 0) is 49.3 Å². The van der Waals surface area contributed by atoms with Gasteiger partial charge in [0.1, 0.15) is 0 Å². The van der Waals surface area contributed by atoms with Gasteiger partial charge in [0.25, 0.3) is 0 Å². The van der Waals surface area contributed by atoms with E-state index in [0.29, 0.717) is 18.9 Å². The topological polar surface area (TPSA) is 58.4 Å². The predicted octanol–water partition coefficient (Wildman–Crippen LogP) is 2.93. The van der Waals surface area contributed by atoms with E-state index in [1.54, 1.807) is 0 Å². The van der Waals surface area contributed by atoms with Gasteiger partial charge in [-0.15, -0.1) is 0 Å². The normalized spacial score (nSPS) is 23.2. The maximum Gasteiger partial charge on any atom is 0.220 e. The Morgan fingerprint density at radius 1 is 1.21 bits per heavy atom. The molecule has 4 nitrogen and oxygen atoms in total. The zero-order valence-corrected chi connectivity index (χ0v) is 14.7. The SMILES string of the molecule is NCC1(CC(=O)NCC2CCN(c3ccccc3)C2)CCCCC1. The third-order valence-corrected chi connectivity index (χ3v) is 5.88. The van der Waals surface area contributed by atoms with Crippen molar-refractivity contribution in [1.29, 1.82) is 0 Å². The van der Waals surface area contributed by atoms with E-state index in [2.05, 4.69) is 40.5 Å². The van der Waals surface area contributed by atoms with E-state index in [1.165, 1.54) is 24.9 Å². The monoisotopic (exact) mass is 329 g/mol. The summed E-state index contributed by atoms with van der Waals surface area (Å²) in [5, 5.41) is 3.18. The third kappa shape index (κ3) is 4.29. The number of hydrogen-bond donors (Lipinski definition) is 2. The highest BCUT2D eigenvalue weighted by molar-refractivity contribution is 5.76. The molecule has 1 atom stereocenters. The highest BCUT2D eigenvalue weighted by Gasteiger charge is 2.33. The molecule has 1 saturated heterocycles. The van der Waals surface area contributed by atoms with Crippen molar-refractivity contribution in [3.63, 3.8) is 0 Å². The van der Waals surface area contributed by atoms with Crippen molar-refractivity contribution in [3.8, 4) is 0 Å². The van der Waals surface area contributed by atoms with Crippen LogP contribution in [0.15, 0.2) is 30.3 Å². The maximum atomic E-state index is 12.4. The molecule has 0 aromatic heterocycles. The standard InChI is InChI=1S/C20H31N3O/c21-16-20(10-5-2-6-11-20)13-19(24)22-14-17-9-12-23(15-17)18-7-3-1-4-8-18/h1,3-4,7-8,17H,2,5-6,9-16,21H2,(H,22,24). The molecule has 1 saturated carbocycles. The Morgan fingerprint density at radius 3 is 2.67 bits per heavy atom. The lowest BCUT2D eigenvalue weighted by Crippen LogP contribution is -2.40. The quantitative estimate of drug-likeness (QED) is 0.843. The van der Waals surface area contributed by atoms with Crippen molar-refractivity contribution in [3.05, 3.63) is 30.3 Å². The molecule has 4 heteroatoms. The molecule has 132 valence electrons. The molecule has 0 spiro atoms. The molecule has 1 heterocycles. The summed E-state index contributed by atoms with van der Waals surface area (Å²) in [7, 11) is 0. The molecular weight excluding hydrogens is 298 g/mol. The van der Waals surface area contributed by atoms with Crippen LogP contribution in [0.2, 0.25) is 0 Å². The van der Waals surface area contributed by atoms with Crippen LogP contribution in [0.1, 0.15) is 44.9 Å². The molecule has 1 aromatic rings. The number of anilines is 1. The summed E-state index contributed by atoms with van der Waals surface area (Å²) in [5.74, 6) is 0.745. The zero-order chi connectivity index (χ0) is 16.8. The van der Waals surface area contributed by atoms with E-state index in [-0.39, 0.29) is 11.3 Å². The summed E-state index contributed by atoms with van der Waals surface area (Å²) in [6, 6.07) is 10.5. The van der Waals surface area contributed by atoms with Crippen LogP contribution in [-0.2, 0) is 4.79 Å². The number of carbonyl (C=O) groups is 1. The lowest BCUT2D eigenvalue weighted by molar-refractivity contribution is -0.124. The van der Waals surface area contributed by atoms with Gasteiger partial charge in [0.2, 0.25) is 5.91 Å². The minimum absolute atomic E-state index is 0.0636. The highest BCUT2D eigenvalue weighted by Crippen LogP contribution is 2.38. The molecule has 1 aliphatic carbocycles. The minimum atomic E-state index is 0.0636. The summed E-state index contributed by atoms with van der Waals surface area (Å²) >= 11 is 0. The van der Waals surface area contributed by atoms with E-state index in [1.807, 2.05) is 0 Å². The molecule has 1 aliphatic heterocycles. The number of benzene rings is 1. The molecule has 24 heavy (non-hydrogen) atoms. The summed E-state index contributed by atoms with van der Waals surface area (Å²) in [4.78, 5) is 14.8. The minimum Gasteiger partial charge on any atom is -0.371 e. The van der Waals surface area contributed by atoms with Crippen LogP contribution in [0.25, 0.3) is 0 Å². The lowest BCUT2D eigenvalue weighted by Gasteiger charge is -2.35. The lowest BCUT2D eigenvalue weighted by atomic mass is 9.71. The van der Waals surface area contributed by atoms with E-state index < -0.39 is 0 Å². The molecule has 0 bridgehead atoms. The second-order valence-electron chi connectivity index (χ2n) is 7.68. The van der Waals surface area contributed by atoms with Gasteiger partial charge in [-0.3, -0.25) is 4.79 Å². The van der Waals surface area contributed by atoms with Gasteiger partial charge in [-0.1, -0.05) is 37.5 Å². The molecule has 0 radical (unpaired) electrons. The Morgan fingerprint density at radius 2 is 1.96 bits per heavy atom. The Bertz CT molecular complexity index is 525. The van der Waals surface area contributed by atoms with Crippen LogP contribution in [0.4, 0.5) is 5.69 Å². The van der Waals surface area contributed by atoms with Crippen molar-refractivity contribution < 1.29 is 4.79 Å². The average molecular weight is 329 g/mol. The first-order valence-corrected chi connectivity index (χ1v) is 9.48. The van der Waals surface area contributed by atoms with Crippen LogP contribution in [0.5, 0.6) is 0 Å². The van der Waals surface area contributed by atoms with Crippen molar-refractivity contribution in [1.82, 2.24) is 5.32 Å². The number of amides is 1. The first kappa shape index (κ1) is 17.3. The number of hydrogen-bond acceptors (Lipinski definition) is 3. The van der Waals surface area contributed by atoms with Crippen molar-refractivity contribution in [2.24, 2.45) is 17.1 Å². The van der Waals surface area contributed by atoms with Gasteiger partial charge >= 0.3 is 0 Å². The Kier molecular flexibility index (Phi) is 5.77. The van der Waals surface area contributed by atoms with E-state index in [9.17, 15) is 4.79 Å². The molecule has 1 unspecified atom stereocenters. The Balaban J connectivity index is 1.43. The van der Waals surface area contributed by atoms with Crippen molar-refractivity contribution >= 4 is 11.6 Å². The first-order valence-electron chi connectivity index (χ1n) is 9.48. The number of nitrogens with zero attached hydrogens (tertiary/aromatic N) is 1. The summed E-state index contributed by atoms with van der Waals surface area (Å²) in [6.07, 6.45) is 7.72. The number of rotatable bonds is 6. The Hall–Kier alpha value is -1.55. The van der Waals surface area contributed by atoms with Gasteiger partial charge < -0.3 is 16.0 Å². The van der Waals surface area contributed by atoms with Crippen LogP contribution in [0.3, 0.4) is 0 Å². The number of para-hydroxylation sites is 1. The van der Waals surface area contributed by atoms with E-state index >= 15 is 0 Å². The molecule has 1 amide bonds. The van der Waals surface area contributed by atoms with Crippen molar-refractivity contribution in [2.45, 2.75) is 44.9 Å². The van der Waals surface area contributed by atoms with Gasteiger partial charge in [0.05, 0.1) is 0 Å². The van der Waals surface area contributed by atoms with Crippen LogP contribution in [-0.4, -0.2) is 32.1 Å². The molecule has 2 fully saturated rings. The smallest absolute Gasteiger partial charge is 0.220 e. The summed E-state index contributed by atoms with van der Waals surface area (Å²) in [5.41, 5.74) is 7.35. The van der Waals surface area contributed by atoms with Gasteiger partial charge in [0.15, 0.2) is 0 Å². The summed E-state index contributed by atoms with van der Waals surface area (Å²) < 4.78 is 0. The Labute approximate surface area is 145 Å². The largest absolute Gasteiger partial charge is 0.371 e. The van der Waals surface area contributed by atoms with E-state index in [0.717, 1.165) is 38.9 Å². The van der Waals surface area contributed by atoms with Crippen molar-refractivity contribution in [2.75, 3.05) is 31.1 Å². The number of nitrogens with one attached hydrogen (secondary N) is 1.